The SMILES string of the molecule is O=C(O)/C=C/C(=O)Nc1ccc(C(=O)c2ccc(Sc3ccccc3)cc2)cc1. The van der Waals surface area contributed by atoms with Crippen LogP contribution in [0.25, 0.3) is 0 Å². The summed E-state index contributed by atoms with van der Waals surface area (Å²) < 4.78 is 0. The molecular weight excluding hydrogens is 386 g/mol. The first kappa shape index (κ1) is 20.1. The van der Waals surface area contributed by atoms with E-state index < -0.39 is 11.9 Å². The van der Waals surface area contributed by atoms with Gasteiger partial charge in [0.2, 0.25) is 5.91 Å². The molecule has 0 heterocycles. The first-order chi connectivity index (χ1) is 14.0. The largest absolute Gasteiger partial charge is 0.478 e. The second-order valence-corrected chi connectivity index (χ2v) is 7.15. The predicted molar refractivity (Wildman–Crippen MR) is 112 cm³/mol. The molecule has 3 aromatic rings. The number of carboxylic acid groups (broad SMARTS) is 1. The average molecular weight is 403 g/mol. The normalized spacial score (nSPS) is 10.6. The van der Waals surface area contributed by atoms with Crippen LogP contribution in [-0.4, -0.2) is 22.8 Å². The molecule has 0 aliphatic carbocycles. The summed E-state index contributed by atoms with van der Waals surface area (Å²) in [5.74, 6) is -1.88. The van der Waals surface area contributed by atoms with E-state index >= 15 is 0 Å². The van der Waals surface area contributed by atoms with E-state index in [9.17, 15) is 14.4 Å². The fraction of sp³-hybridized carbons (Fsp3) is 0. The Kier molecular flexibility index (Phi) is 6.60. The molecule has 0 bridgehead atoms. The third kappa shape index (κ3) is 5.92. The maximum atomic E-state index is 12.7. The quantitative estimate of drug-likeness (QED) is 0.443. The van der Waals surface area contributed by atoms with Crippen molar-refractivity contribution >= 4 is 35.1 Å². The first-order valence-corrected chi connectivity index (χ1v) is 9.52. The number of carbonyl (C=O) groups excluding carboxylic acids is 2. The third-order valence-electron chi connectivity index (χ3n) is 3.89. The summed E-state index contributed by atoms with van der Waals surface area (Å²) in [5.41, 5.74) is 1.53. The summed E-state index contributed by atoms with van der Waals surface area (Å²) in [4.78, 5) is 36.8. The molecule has 144 valence electrons. The van der Waals surface area contributed by atoms with Gasteiger partial charge in [-0.05, 0) is 60.7 Å². The van der Waals surface area contributed by atoms with Crippen LogP contribution in [0.3, 0.4) is 0 Å². The molecule has 2 N–H and O–H groups in total. The van der Waals surface area contributed by atoms with Gasteiger partial charge in [0.15, 0.2) is 5.78 Å². The number of hydrogen-bond acceptors (Lipinski definition) is 4. The maximum absolute atomic E-state index is 12.7. The van der Waals surface area contributed by atoms with Gasteiger partial charge in [-0.3, -0.25) is 9.59 Å². The first-order valence-electron chi connectivity index (χ1n) is 8.71. The van der Waals surface area contributed by atoms with E-state index in [0.717, 1.165) is 21.9 Å². The Hall–Kier alpha value is -3.64. The van der Waals surface area contributed by atoms with Gasteiger partial charge in [-0.2, -0.15) is 0 Å². The topological polar surface area (TPSA) is 83.5 Å². The molecule has 0 radical (unpaired) electrons. The zero-order chi connectivity index (χ0) is 20.6. The standard InChI is InChI=1S/C23H17NO4S/c25-21(14-15-22(26)27)24-18-10-6-16(7-11-18)23(28)17-8-12-20(13-9-17)29-19-4-2-1-3-5-19/h1-15H,(H,24,25)(H,26,27)/b15-14+. The smallest absolute Gasteiger partial charge is 0.328 e. The van der Waals surface area contributed by atoms with Gasteiger partial charge in [-0.25, -0.2) is 4.79 Å². The van der Waals surface area contributed by atoms with Crippen molar-refractivity contribution in [1.29, 1.82) is 0 Å². The van der Waals surface area contributed by atoms with E-state index in [2.05, 4.69) is 5.32 Å². The molecule has 0 saturated carbocycles. The summed E-state index contributed by atoms with van der Waals surface area (Å²) in [6.45, 7) is 0. The van der Waals surface area contributed by atoms with Crippen molar-refractivity contribution in [2.45, 2.75) is 9.79 Å². The Morgan fingerprint density at radius 1 is 0.724 bits per heavy atom. The summed E-state index contributed by atoms with van der Waals surface area (Å²) in [6, 6.07) is 23.8. The Morgan fingerprint density at radius 2 is 1.28 bits per heavy atom. The highest BCUT2D eigenvalue weighted by atomic mass is 32.2. The molecular formula is C23H17NO4S. The lowest BCUT2D eigenvalue weighted by Crippen LogP contribution is -2.09. The van der Waals surface area contributed by atoms with Crippen LogP contribution in [0.5, 0.6) is 0 Å². The molecule has 29 heavy (non-hydrogen) atoms. The van der Waals surface area contributed by atoms with E-state index in [-0.39, 0.29) is 5.78 Å². The van der Waals surface area contributed by atoms with E-state index in [1.807, 2.05) is 42.5 Å². The number of benzene rings is 3. The van der Waals surface area contributed by atoms with Gasteiger partial charge in [0.25, 0.3) is 0 Å². The van der Waals surface area contributed by atoms with Crippen LogP contribution < -0.4 is 5.32 Å². The highest BCUT2D eigenvalue weighted by Crippen LogP contribution is 2.27. The highest BCUT2D eigenvalue weighted by Gasteiger charge is 2.10. The zero-order valence-electron chi connectivity index (χ0n) is 15.2. The Labute approximate surface area is 172 Å². The third-order valence-corrected chi connectivity index (χ3v) is 4.90. The second kappa shape index (κ2) is 9.52. The number of carbonyl (C=O) groups is 3. The fourth-order valence-electron chi connectivity index (χ4n) is 2.50. The molecule has 0 atom stereocenters. The van der Waals surface area contributed by atoms with Gasteiger partial charge in [0.05, 0.1) is 0 Å². The Morgan fingerprint density at radius 3 is 1.86 bits per heavy atom. The number of rotatable bonds is 7. The van der Waals surface area contributed by atoms with E-state index in [4.69, 9.17) is 5.11 Å². The van der Waals surface area contributed by atoms with Gasteiger partial charge in [0.1, 0.15) is 0 Å². The fourth-order valence-corrected chi connectivity index (χ4v) is 3.34. The van der Waals surface area contributed by atoms with E-state index in [1.165, 1.54) is 0 Å². The minimum absolute atomic E-state index is 0.120. The number of aliphatic carboxylic acids is 1. The average Bonchev–Trinajstić information content (AvgIpc) is 2.74. The zero-order valence-corrected chi connectivity index (χ0v) is 16.1. The number of nitrogens with one attached hydrogen (secondary N) is 1. The van der Waals surface area contributed by atoms with Crippen LogP contribution in [-0.2, 0) is 9.59 Å². The molecule has 5 nitrogen and oxygen atoms in total. The molecule has 0 aliphatic rings. The molecule has 6 heteroatoms. The summed E-state index contributed by atoms with van der Waals surface area (Å²) in [7, 11) is 0. The lowest BCUT2D eigenvalue weighted by molar-refractivity contribution is -0.131. The van der Waals surface area contributed by atoms with Crippen molar-refractivity contribution < 1.29 is 19.5 Å². The predicted octanol–water partition coefficient (Wildman–Crippen LogP) is 4.65. The number of hydrogen-bond donors (Lipinski definition) is 2. The maximum Gasteiger partial charge on any atom is 0.328 e. The minimum atomic E-state index is -1.20. The molecule has 3 aromatic carbocycles. The van der Waals surface area contributed by atoms with Crippen molar-refractivity contribution in [2.75, 3.05) is 5.32 Å². The molecule has 0 fully saturated rings. The second-order valence-electron chi connectivity index (χ2n) is 6.01. The van der Waals surface area contributed by atoms with Gasteiger partial charge < -0.3 is 10.4 Å². The van der Waals surface area contributed by atoms with Gasteiger partial charge in [0, 0.05) is 38.8 Å². The summed E-state index contributed by atoms with van der Waals surface area (Å²) in [6.07, 6.45) is 1.68. The molecule has 0 aliphatic heterocycles. The lowest BCUT2D eigenvalue weighted by atomic mass is 10.0. The van der Waals surface area contributed by atoms with Crippen LogP contribution in [0.1, 0.15) is 15.9 Å². The van der Waals surface area contributed by atoms with E-state index in [1.54, 1.807) is 48.2 Å². The monoisotopic (exact) mass is 403 g/mol. The van der Waals surface area contributed by atoms with Crippen LogP contribution >= 0.6 is 11.8 Å². The molecule has 0 aromatic heterocycles. The minimum Gasteiger partial charge on any atom is -0.478 e. The van der Waals surface area contributed by atoms with Crippen LogP contribution in [0.15, 0.2) is 101 Å². The van der Waals surface area contributed by atoms with Gasteiger partial charge in [-0.15, -0.1) is 0 Å². The molecule has 3 rings (SSSR count). The molecule has 1 amide bonds. The van der Waals surface area contributed by atoms with Crippen molar-refractivity contribution in [3.8, 4) is 0 Å². The van der Waals surface area contributed by atoms with Crippen LogP contribution in [0.4, 0.5) is 5.69 Å². The number of anilines is 1. The van der Waals surface area contributed by atoms with Crippen molar-refractivity contribution in [3.63, 3.8) is 0 Å². The summed E-state index contributed by atoms with van der Waals surface area (Å²) in [5, 5.41) is 11.1. The summed E-state index contributed by atoms with van der Waals surface area (Å²) >= 11 is 1.62. The molecule has 0 saturated heterocycles. The van der Waals surface area contributed by atoms with Crippen molar-refractivity contribution in [1.82, 2.24) is 0 Å². The van der Waals surface area contributed by atoms with Crippen molar-refractivity contribution in [2.24, 2.45) is 0 Å². The highest BCUT2D eigenvalue weighted by molar-refractivity contribution is 7.99. The molecule has 0 unspecified atom stereocenters. The number of carboxylic acids is 1. The Bertz CT molecular complexity index is 1040. The van der Waals surface area contributed by atoms with Crippen LogP contribution in [0.2, 0.25) is 0 Å². The Balaban J connectivity index is 1.64. The lowest BCUT2D eigenvalue weighted by Gasteiger charge is -2.06. The number of amides is 1. The van der Waals surface area contributed by atoms with Crippen LogP contribution in [0, 0.1) is 0 Å². The van der Waals surface area contributed by atoms with Gasteiger partial charge in [-0.1, -0.05) is 30.0 Å². The molecule has 0 spiro atoms. The van der Waals surface area contributed by atoms with E-state index in [0.29, 0.717) is 16.8 Å². The number of ketones is 1. The van der Waals surface area contributed by atoms with Gasteiger partial charge >= 0.3 is 5.97 Å². The van der Waals surface area contributed by atoms with Crippen molar-refractivity contribution in [3.05, 3.63) is 102 Å².